The van der Waals surface area contributed by atoms with E-state index < -0.39 is 0 Å². The average molecular weight is 369 g/mol. The number of nitrogens with zero attached hydrogens (tertiary/aromatic N) is 3. The minimum absolute atomic E-state index is 0.0626. The molecule has 1 aromatic heterocycles. The van der Waals surface area contributed by atoms with Crippen LogP contribution in [-0.4, -0.2) is 53.1 Å². The van der Waals surface area contributed by atoms with Crippen molar-refractivity contribution in [2.75, 3.05) is 26.4 Å². The van der Waals surface area contributed by atoms with Gasteiger partial charge in [-0.2, -0.15) is 5.10 Å². The summed E-state index contributed by atoms with van der Waals surface area (Å²) in [5.74, 6) is 1.80. The van der Waals surface area contributed by atoms with Gasteiger partial charge < -0.3 is 19.1 Å². The van der Waals surface area contributed by atoms with Gasteiger partial charge in [0.25, 0.3) is 5.91 Å². The highest BCUT2D eigenvalue weighted by atomic mass is 16.6. The molecular formula is C20H23N3O4. The Balaban J connectivity index is 1.41. The van der Waals surface area contributed by atoms with Gasteiger partial charge in [0.05, 0.1) is 30.5 Å². The lowest BCUT2D eigenvalue weighted by Gasteiger charge is -2.26. The lowest BCUT2D eigenvalue weighted by Crippen LogP contribution is -2.38. The van der Waals surface area contributed by atoms with Crippen molar-refractivity contribution in [2.24, 2.45) is 5.92 Å². The van der Waals surface area contributed by atoms with Crippen LogP contribution in [-0.2, 0) is 17.8 Å². The first kappa shape index (κ1) is 16.6. The van der Waals surface area contributed by atoms with Gasteiger partial charge in [0, 0.05) is 19.3 Å². The number of carbonyl (C=O) groups excluding carboxylic acids is 1. The van der Waals surface area contributed by atoms with Crippen LogP contribution in [0.2, 0.25) is 0 Å². The summed E-state index contributed by atoms with van der Waals surface area (Å²) in [5.41, 5.74) is 1.56. The molecule has 0 spiro atoms. The molecule has 2 aliphatic heterocycles. The lowest BCUT2D eigenvalue weighted by atomic mass is 10.1. The van der Waals surface area contributed by atoms with Gasteiger partial charge >= 0.3 is 0 Å². The molecule has 1 aliphatic carbocycles. The predicted octanol–water partition coefficient (Wildman–Crippen LogP) is 2.11. The number of rotatable bonds is 4. The maximum Gasteiger partial charge on any atom is 0.258 e. The van der Waals surface area contributed by atoms with Crippen LogP contribution in [0.25, 0.3) is 0 Å². The van der Waals surface area contributed by atoms with E-state index in [2.05, 4.69) is 5.10 Å². The van der Waals surface area contributed by atoms with Crippen LogP contribution in [0.3, 0.4) is 0 Å². The molecule has 5 rings (SSSR count). The van der Waals surface area contributed by atoms with Crippen molar-refractivity contribution in [1.29, 1.82) is 0 Å². The minimum atomic E-state index is -0.0629. The molecule has 3 heterocycles. The van der Waals surface area contributed by atoms with Gasteiger partial charge in [0.2, 0.25) is 0 Å². The third-order valence-corrected chi connectivity index (χ3v) is 5.31. The molecule has 1 aromatic carbocycles. The summed E-state index contributed by atoms with van der Waals surface area (Å²) in [6.45, 7) is 3.44. The average Bonchev–Trinajstić information content (AvgIpc) is 3.47. The van der Waals surface area contributed by atoms with Crippen LogP contribution in [0.4, 0.5) is 0 Å². The van der Waals surface area contributed by atoms with Gasteiger partial charge in [-0.3, -0.25) is 9.48 Å². The molecule has 1 saturated carbocycles. The molecule has 2 aromatic rings. The molecule has 1 unspecified atom stereocenters. The monoisotopic (exact) mass is 369 g/mol. The zero-order valence-corrected chi connectivity index (χ0v) is 15.2. The van der Waals surface area contributed by atoms with E-state index >= 15 is 0 Å². The van der Waals surface area contributed by atoms with Crippen LogP contribution in [0.5, 0.6) is 11.5 Å². The van der Waals surface area contributed by atoms with Gasteiger partial charge in [0.1, 0.15) is 13.2 Å². The summed E-state index contributed by atoms with van der Waals surface area (Å²) in [5, 5.41) is 4.40. The fraction of sp³-hybridized carbons (Fsp3) is 0.500. The molecule has 3 aliphatic rings. The molecule has 0 saturated heterocycles. The summed E-state index contributed by atoms with van der Waals surface area (Å²) < 4.78 is 19.5. The molecule has 7 heteroatoms. The Morgan fingerprint density at radius 3 is 2.96 bits per heavy atom. The van der Waals surface area contributed by atoms with Gasteiger partial charge in [0.15, 0.2) is 11.5 Å². The predicted molar refractivity (Wildman–Crippen MR) is 96.9 cm³/mol. The molecule has 27 heavy (non-hydrogen) atoms. The maximum atomic E-state index is 13.4. The number of carbonyl (C=O) groups is 1. The summed E-state index contributed by atoms with van der Waals surface area (Å²) in [6.07, 6.45) is 4.21. The molecule has 1 atom stereocenters. The topological polar surface area (TPSA) is 65.8 Å². The molecule has 1 fully saturated rings. The van der Waals surface area contributed by atoms with Crippen molar-refractivity contribution >= 4 is 5.91 Å². The fourth-order valence-corrected chi connectivity index (χ4v) is 3.64. The van der Waals surface area contributed by atoms with E-state index in [0.717, 1.165) is 12.3 Å². The number of ether oxygens (including phenoxy) is 3. The van der Waals surface area contributed by atoms with Crippen molar-refractivity contribution in [3.63, 3.8) is 0 Å². The van der Waals surface area contributed by atoms with E-state index in [1.165, 1.54) is 12.8 Å². The lowest BCUT2D eigenvalue weighted by molar-refractivity contribution is 0.0135. The smallest absolute Gasteiger partial charge is 0.258 e. The van der Waals surface area contributed by atoms with E-state index in [1.807, 2.05) is 27.8 Å². The Bertz CT molecular complexity index is 846. The van der Waals surface area contributed by atoms with Crippen molar-refractivity contribution in [3.8, 4) is 11.5 Å². The SMILES string of the molecule is O=C(c1cccc2c1OCCO2)N1Cc2ccnn2CC(OCC2CC2)C1. The molecule has 0 bridgehead atoms. The first-order valence-electron chi connectivity index (χ1n) is 9.58. The number of hydrogen-bond donors (Lipinski definition) is 0. The number of benzene rings is 1. The Morgan fingerprint density at radius 1 is 1.19 bits per heavy atom. The summed E-state index contributed by atoms with van der Waals surface area (Å²) in [7, 11) is 0. The second-order valence-corrected chi connectivity index (χ2v) is 7.42. The number of aromatic nitrogens is 2. The highest BCUT2D eigenvalue weighted by molar-refractivity contribution is 5.98. The van der Waals surface area contributed by atoms with Crippen LogP contribution in [0.15, 0.2) is 30.5 Å². The van der Waals surface area contributed by atoms with Crippen molar-refractivity contribution in [1.82, 2.24) is 14.7 Å². The van der Waals surface area contributed by atoms with Gasteiger partial charge in [-0.25, -0.2) is 0 Å². The zero-order valence-electron chi connectivity index (χ0n) is 15.2. The molecule has 1 amide bonds. The zero-order chi connectivity index (χ0) is 18.2. The summed E-state index contributed by atoms with van der Waals surface area (Å²) in [4.78, 5) is 15.2. The van der Waals surface area contributed by atoms with Crippen LogP contribution in [0, 0.1) is 5.92 Å². The molecule has 142 valence electrons. The van der Waals surface area contributed by atoms with E-state index in [9.17, 15) is 4.79 Å². The third kappa shape index (κ3) is 3.39. The van der Waals surface area contributed by atoms with Crippen LogP contribution < -0.4 is 9.47 Å². The number of amides is 1. The van der Waals surface area contributed by atoms with E-state index in [4.69, 9.17) is 14.2 Å². The van der Waals surface area contributed by atoms with Crippen LogP contribution >= 0.6 is 0 Å². The van der Waals surface area contributed by atoms with Gasteiger partial charge in [-0.1, -0.05) is 6.07 Å². The second kappa shape index (κ2) is 6.88. The number of hydrogen-bond acceptors (Lipinski definition) is 5. The van der Waals surface area contributed by atoms with Gasteiger partial charge in [-0.15, -0.1) is 0 Å². The highest BCUT2D eigenvalue weighted by Gasteiger charge is 2.31. The van der Waals surface area contributed by atoms with Crippen molar-refractivity contribution in [2.45, 2.75) is 32.0 Å². The summed E-state index contributed by atoms with van der Waals surface area (Å²) >= 11 is 0. The maximum absolute atomic E-state index is 13.4. The number of fused-ring (bicyclic) bond motifs is 2. The van der Waals surface area contributed by atoms with Gasteiger partial charge in [-0.05, 0) is 37.0 Å². The van der Waals surface area contributed by atoms with E-state index in [-0.39, 0.29) is 12.0 Å². The fourth-order valence-electron chi connectivity index (χ4n) is 3.64. The summed E-state index contributed by atoms with van der Waals surface area (Å²) in [6, 6.07) is 7.44. The molecule has 0 N–H and O–H groups in total. The Hall–Kier alpha value is -2.54. The molecule has 7 nitrogen and oxygen atoms in total. The largest absolute Gasteiger partial charge is 0.486 e. The Morgan fingerprint density at radius 2 is 2.07 bits per heavy atom. The normalized spacial score (nSPS) is 21.5. The van der Waals surface area contributed by atoms with Crippen molar-refractivity contribution in [3.05, 3.63) is 41.7 Å². The standard InChI is InChI=1S/C20H23N3O4/c24-20(17-2-1-3-18-19(17)26-9-8-25-18)22-10-15-6-7-21-23(15)12-16(11-22)27-13-14-4-5-14/h1-3,6-7,14,16H,4-5,8-13H2. The highest BCUT2D eigenvalue weighted by Crippen LogP contribution is 2.35. The van der Waals surface area contributed by atoms with Crippen molar-refractivity contribution < 1.29 is 19.0 Å². The number of para-hydroxylation sites is 1. The molecule has 0 radical (unpaired) electrons. The van der Waals surface area contributed by atoms with Crippen LogP contribution in [0.1, 0.15) is 28.9 Å². The Kier molecular flexibility index (Phi) is 4.24. The first-order valence-corrected chi connectivity index (χ1v) is 9.58. The third-order valence-electron chi connectivity index (χ3n) is 5.31. The first-order chi connectivity index (χ1) is 13.3. The minimum Gasteiger partial charge on any atom is -0.486 e. The van der Waals surface area contributed by atoms with E-state index in [0.29, 0.717) is 55.8 Å². The second-order valence-electron chi connectivity index (χ2n) is 7.42. The quantitative estimate of drug-likeness (QED) is 0.826. The van der Waals surface area contributed by atoms with E-state index in [1.54, 1.807) is 12.3 Å². The molecular weight excluding hydrogens is 346 g/mol. The Labute approximate surface area is 157 Å².